The highest BCUT2D eigenvalue weighted by Crippen LogP contribution is 2.39. The molecule has 4 heteroatoms. The number of hydrogen-bond acceptors (Lipinski definition) is 3. The van der Waals surface area contributed by atoms with Crippen molar-refractivity contribution in [1.82, 2.24) is 5.32 Å². The van der Waals surface area contributed by atoms with Crippen molar-refractivity contribution in [2.45, 2.75) is 31.7 Å². The van der Waals surface area contributed by atoms with E-state index in [1.807, 2.05) is 18.2 Å². The van der Waals surface area contributed by atoms with Gasteiger partial charge in [-0.15, -0.1) is 0 Å². The fourth-order valence-corrected chi connectivity index (χ4v) is 3.29. The summed E-state index contributed by atoms with van der Waals surface area (Å²) >= 11 is 0. The van der Waals surface area contributed by atoms with E-state index >= 15 is 0 Å². The fourth-order valence-electron chi connectivity index (χ4n) is 3.29. The number of hydrogen-bond donors (Lipinski definition) is 3. The molecule has 0 aliphatic heterocycles. The van der Waals surface area contributed by atoms with Gasteiger partial charge >= 0.3 is 0 Å². The summed E-state index contributed by atoms with van der Waals surface area (Å²) in [5.74, 6) is 0.471. The van der Waals surface area contributed by atoms with Gasteiger partial charge in [0, 0.05) is 23.8 Å². The Bertz CT molecular complexity index is 708. The van der Waals surface area contributed by atoms with Crippen LogP contribution in [0.1, 0.15) is 40.2 Å². The predicted molar refractivity (Wildman–Crippen MR) is 96.4 cm³/mol. The normalized spacial score (nSPS) is 19.4. The Morgan fingerprint density at radius 3 is 2.71 bits per heavy atom. The van der Waals surface area contributed by atoms with Crippen LogP contribution in [0.15, 0.2) is 48.5 Å². The predicted octanol–water partition coefficient (Wildman–Crippen LogP) is 3.08. The van der Waals surface area contributed by atoms with E-state index in [2.05, 4.69) is 41.8 Å². The summed E-state index contributed by atoms with van der Waals surface area (Å²) in [6.45, 7) is 2.40. The van der Waals surface area contributed by atoms with Crippen LogP contribution in [0.25, 0.3) is 0 Å². The van der Waals surface area contributed by atoms with Crippen molar-refractivity contribution in [1.29, 1.82) is 0 Å². The molecule has 3 N–H and O–H groups in total. The standard InChI is InChI=1S/C20H24N2O2/c1-14-5-2-3-8-19(14)16-12-18(13-16)22-17-7-4-6-15(11-17)20(24)21-9-10-23/h2-8,11,16,18,22-23H,9-10,12-13H2,1H3,(H,21,24). The number of benzene rings is 2. The highest BCUT2D eigenvalue weighted by molar-refractivity contribution is 5.95. The first-order valence-corrected chi connectivity index (χ1v) is 8.48. The first kappa shape index (κ1) is 16.5. The number of amides is 1. The second kappa shape index (κ2) is 7.49. The lowest BCUT2D eigenvalue weighted by Crippen LogP contribution is -2.34. The van der Waals surface area contributed by atoms with Gasteiger partial charge < -0.3 is 15.7 Å². The van der Waals surface area contributed by atoms with Crippen molar-refractivity contribution in [3.63, 3.8) is 0 Å². The number of aryl methyl sites for hydroxylation is 1. The van der Waals surface area contributed by atoms with Gasteiger partial charge in [-0.2, -0.15) is 0 Å². The van der Waals surface area contributed by atoms with E-state index in [9.17, 15) is 4.79 Å². The van der Waals surface area contributed by atoms with Gasteiger partial charge in [-0.05, 0) is 55.0 Å². The van der Waals surface area contributed by atoms with Crippen LogP contribution in [0, 0.1) is 6.92 Å². The Morgan fingerprint density at radius 2 is 1.96 bits per heavy atom. The van der Waals surface area contributed by atoms with Crippen LogP contribution in [-0.4, -0.2) is 30.2 Å². The Hall–Kier alpha value is -2.33. The Balaban J connectivity index is 1.56. The van der Waals surface area contributed by atoms with E-state index in [0.717, 1.165) is 18.5 Å². The van der Waals surface area contributed by atoms with Crippen molar-refractivity contribution in [2.24, 2.45) is 0 Å². The monoisotopic (exact) mass is 324 g/mol. The molecule has 1 aliphatic rings. The molecule has 0 saturated heterocycles. The van der Waals surface area contributed by atoms with Crippen molar-refractivity contribution in [3.8, 4) is 0 Å². The summed E-state index contributed by atoms with van der Waals surface area (Å²) in [6, 6.07) is 16.6. The van der Waals surface area contributed by atoms with Gasteiger partial charge in [-0.25, -0.2) is 0 Å². The molecule has 126 valence electrons. The minimum atomic E-state index is -0.154. The first-order chi connectivity index (χ1) is 11.7. The molecule has 2 aromatic rings. The molecule has 24 heavy (non-hydrogen) atoms. The lowest BCUT2D eigenvalue weighted by Gasteiger charge is -2.37. The first-order valence-electron chi connectivity index (χ1n) is 8.48. The van der Waals surface area contributed by atoms with Crippen molar-refractivity contribution >= 4 is 11.6 Å². The van der Waals surface area contributed by atoms with Crippen LogP contribution in [-0.2, 0) is 0 Å². The molecule has 0 atom stereocenters. The SMILES string of the molecule is Cc1ccccc1C1CC(Nc2cccc(C(=O)NCCO)c2)C1. The van der Waals surface area contributed by atoms with Crippen LogP contribution in [0.4, 0.5) is 5.69 Å². The summed E-state index contributed by atoms with van der Waals surface area (Å²) in [7, 11) is 0. The van der Waals surface area contributed by atoms with Crippen molar-refractivity contribution < 1.29 is 9.90 Å². The van der Waals surface area contributed by atoms with Crippen LogP contribution in [0.3, 0.4) is 0 Å². The van der Waals surface area contributed by atoms with E-state index < -0.39 is 0 Å². The largest absolute Gasteiger partial charge is 0.395 e. The molecule has 1 fully saturated rings. The van der Waals surface area contributed by atoms with Crippen LogP contribution >= 0.6 is 0 Å². The molecule has 3 rings (SSSR count). The summed E-state index contributed by atoms with van der Waals surface area (Å²) in [4.78, 5) is 11.9. The maximum absolute atomic E-state index is 11.9. The zero-order valence-electron chi connectivity index (χ0n) is 14.0. The molecule has 0 aromatic heterocycles. The van der Waals surface area contributed by atoms with Gasteiger partial charge in [0.1, 0.15) is 0 Å². The van der Waals surface area contributed by atoms with Gasteiger partial charge in [0.05, 0.1) is 6.61 Å². The van der Waals surface area contributed by atoms with E-state index in [1.165, 1.54) is 11.1 Å². The summed E-state index contributed by atoms with van der Waals surface area (Å²) in [5, 5.41) is 15.0. The molecule has 2 aromatic carbocycles. The van der Waals surface area contributed by atoms with Crippen molar-refractivity contribution in [3.05, 3.63) is 65.2 Å². The third-order valence-electron chi connectivity index (χ3n) is 4.66. The Kier molecular flexibility index (Phi) is 5.16. The maximum Gasteiger partial charge on any atom is 0.251 e. The second-order valence-electron chi connectivity index (χ2n) is 6.43. The molecule has 1 aliphatic carbocycles. The zero-order valence-corrected chi connectivity index (χ0v) is 14.0. The third kappa shape index (κ3) is 3.77. The van der Waals surface area contributed by atoms with Gasteiger partial charge in [0.25, 0.3) is 5.91 Å². The molecule has 0 unspecified atom stereocenters. The third-order valence-corrected chi connectivity index (χ3v) is 4.66. The van der Waals surface area contributed by atoms with Gasteiger partial charge in [-0.3, -0.25) is 4.79 Å². The van der Waals surface area contributed by atoms with E-state index in [4.69, 9.17) is 5.11 Å². The number of aliphatic hydroxyl groups excluding tert-OH is 1. The molecule has 1 amide bonds. The summed E-state index contributed by atoms with van der Waals surface area (Å²) < 4.78 is 0. The Morgan fingerprint density at radius 1 is 1.17 bits per heavy atom. The number of nitrogens with one attached hydrogen (secondary N) is 2. The van der Waals surface area contributed by atoms with E-state index in [0.29, 0.717) is 17.5 Å². The molecule has 0 bridgehead atoms. The minimum absolute atomic E-state index is 0.0496. The van der Waals surface area contributed by atoms with Gasteiger partial charge in [0.2, 0.25) is 0 Å². The topological polar surface area (TPSA) is 61.4 Å². The highest BCUT2D eigenvalue weighted by atomic mass is 16.3. The summed E-state index contributed by atoms with van der Waals surface area (Å²) in [6.07, 6.45) is 2.23. The molecule has 1 saturated carbocycles. The molecule has 0 spiro atoms. The Labute approximate surface area is 142 Å². The number of anilines is 1. The molecular formula is C20H24N2O2. The molecule has 0 radical (unpaired) electrons. The molecular weight excluding hydrogens is 300 g/mol. The average molecular weight is 324 g/mol. The van der Waals surface area contributed by atoms with Crippen molar-refractivity contribution in [2.75, 3.05) is 18.5 Å². The second-order valence-corrected chi connectivity index (χ2v) is 6.43. The summed E-state index contributed by atoms with van der Waals surface area (Å²) in [5.41, 5.74) is 4.40. The number of aliphatic hydroxyl groups is 1. The van der Waals surface area contributed by atoms with E-state index in [1.54, 1.807) is 6.07 Å². The smallest absolute Gasteiger partial charge is 0.251 e. The zero-order chi connectivity index (χ0) is 16.9. The average Bonchev–Trinajstić information content (AvgIpc) is 2.57. The van der Waals surface area contributed by atoms with E-state index in [-0.39, 0.29) is 19.1 Å². The number of carbonyl (C=O) groups excluding carboxylic acids is 1. The quantitative estimate of drug-likeness (QED) is 0.765. The fraction of sp³-hybridized carbons (Fsp3) is 0.350. The molecule has 0 heterocycles. The molecule has 4 nitrogen and oxygen atoms in total. The maximum atomic E-state index is 11.9. The van der Waals surface area contributed by atoms with Crippen LogP contribution < -0.4 is 10.6 Å². The minimum Gasteiger partial charge on any atom is -0.395 e. The lowest BCUT2D eigenvalue weighted by atomic mass is 9.74. The number of carbonyl (C=O) groups is 1. The van der Waals surface area contributed by atoms with Crippen LogP contribution in [0.2, 0.25) is 0 Å². The van der Waals surface area contributed by atoms with Gasteiger partial charge in [-0.1, -0.05) is 30.3 Å². The lowest BCUT2D eigenvalue weighted by molar-refractivity contribution is 0.0945. The number of rotatable bonds is 6. The highest BCUT2D eigenvalue weighted by Gasteiger charge is 2.30. The van der Waals surface area contributed by atoms with Crippen LogP contribution in [0.5, 0.6) is 0 Å². The van der Waals surface area contributed by atoms with Gasteiger partial charge in [0.15, 0.2) is 0 Å².